The summed E-state index contributed by atoms with van der Waals surface area (Å²) in [7, 11) is 0. The van der Waals surface area contributed by atoms with Crippen molar-refractivity contribution in [3.8, 4) is 0 Å². The van der Waals surface area contributed by atoms with Crippen LogP contribution in [0.15, 0.2) is 42.5 Å². The minimum absolute atomic E-state index is 0.000333. The van der Waals surface area contributed by atoms with Crippen molar-refractivity contribution >= 4 is 40.7 Å². The summed E-state index contributed by atoms with van der Waals surface area (Å²) in [6, 6.07) is 10.2. The van der Waals surface area contributed by atoms with E-state index in [1.54, 1.807) is 31.2 Å². The van der Waals surface area contributed by atoms with E-state index >= 15 is 0 Å². The van der Waals surface area contributed by atoms with Gasteiger partial charge in [-0.1, -0.05) is 60.8 Å². The third-order valence-corrected chi connectivity index (χ3v) is 5.63. The van der Waals surface area contributed by atoms with Crippen LogP contribution in [0, 0.1) is 10.1 Å². The van der Waals surface area contributed by atoms with Crippen molar-refractivity contribution in [3.63, 3.8) is 0 Å². The number of carbonyl (C=O) groups excluding carboxylic acids is 2. The van der Waals surface area contributed by atoms with Crippen LogP contribution in [0.3, 0.4) is 0 Å². The molecule has 0 aliphatic rings. The first-order chi connectivity index (χ1) is 14.8. The molecule has 0 saturated heterocycles. The van der Waals surface area contributed by atoms with Crippen molar-refractivity contribution in [3.05, 3.63) is 73.8 Å². The molecule has 0 aliphatic heterocycles. The Labute approximate surface area is 191 Å². The summed E-state index contributed by atoms with van der Waals surface area (Å²) in [5.41, 5.74) is 0.632. The van der Waals surface area contributed by atoms with E-state index in [4.69, 9.17) is 23.2 Å². The predicted molar refractivity (Wildman–Crippen MR) is 121 cm³/mol. The van der Waals surface area contributed by atoms with Gasteiger partial charge in [0, 0.05) is 40.3 Å². The summed E-state index contributed by atoms with van der Waals surface area (Å²) >= 11 is 12.6. The van der Waals surface area contributed by atoms with Gasteiger partial charge < -0.3 is 10.2 Å². The fourth-order valence-electron chi connectivity index (χ4n) is 3.08. The van der Waals surface area contributed by atoms with Gasteiger partial charge in [0.15, 0.2) is 0 Å². The Morgan fingerprint density at radius 3 is 2.39 bits per heavy atom. The van der Waals surface area contributed by atoms with Gasteiger partial charge in [0.25, 0.3) is 5.69 Å². The summed E-state index contributed by atoms with van der Waals surface area (Å²) in [5.74, 6) is -0.754. The average Bonchev–Trinajstić information content (AvgIpc) is 2.73. The molecule has 9 heteroatoms. The summed E-state index contributed by atoms with van der Waals surface area (Å²) in [4.78, 5) is 38.0. The fraction of sp³-hybridized carbons (Fsp3) is 0.364. The van der Waals surface area contributed by atoms with Crippen LogP contribution in [0.4, 0.5) is 5.69 Å². The van der Waals surface area contributed by atoms with E-state index in [9.17, 15) is 19.7 Å². The molecule has 1 N–H and O–H groups in total. The second kappa shape index (κ2) is 11.7. The zero-order valence-electron chi connectivity index (χ0n) is 17.4. The molecule has 31 heavy (non-hydrogen) atoms. The van der Waals surface area contributed by atoms with Crippen LogP contribution >= 0.6 is 23.2 Å². The Kier molecular flexibility index (Phi) is 9.27. The number of para-hydroxylation sites is 1. The van der Waals surface area contributed by atoms with E-state index in [2.05, 4.69) is 5.32 Å². The normalized spacial score (nSPS) is 11.6. The smallest absolute Gasteiger partial charge is 0.273 e. The highest BCUT2D eigenvalue weighted by molar-refractivity contribution is 6.36. The molecule has 0 aliphatic carbocycles. The van der Waals surface area contributed by atoms with Gasteiger partial charge in [-0.15, -0.1) is 0 Å². The molecule has 1 atom stereocenters. The van der Waals surface area contributed by atoms with Crippen LogP contribution in [0.2, 0.25) is 10.0 Å². The predicted octanol–water partition coefficient (Wildman–Crippen LogP) is 4.78. The number of hydrogen-bond donors (Lipinski definition) is 1. The van der Waals surface area contributed by atoms with Crippen LogP contribution in [0.5, 0.6) is 0 Å². The molecule has 7 nitrogen and oxygen atoms in total. The SMILES string of the molecule is CCCCNC(=O)C(C)N(Cc1c(Cl)cccc1Cl)C(=O)Cc1ccccc1[N+](=O)[O-]. The van der Waals surface area contributed by atoms with Gasteiger partial charge in [0.05, 0.1) is 11.3 Å². The van der Waals surface area contributed by atoms with Crippen LogP contribution in [-0.2, 0) is 22.6 Å². The van der Waals surface area contributed by atoms with Crippen molar-refractivity contribution in [2.24, 2.45) is 0 Å². The topological polar surface area (TPSA) is 92.6 Å². The van der Waals surface area contributed by atoms with Crippen LogP contribution in [0.25, 0.3) is 0 Å². The maximum atomic E-state index is 13.2. The Morgan fingerprint density at radius 1 is 1.13 bits per heavy atom. The Bertz CT molecular complexity index is 932. The molecule has 0 bridgehead atoms. The van der Waals surface area contributed by atoms with E-state index in [0.717, 1.165) is 12.8 Å². The summed E-state index contributed by atoms with van der Waals surface area (Å²) < 4.78 is 0. The van der Waals surface area contributed by atoms with E-state index in [0.29, 0.717) is 22.2 Å². The molecular weight excluding hydrogens is 441 g/mol. The Balaban J connectivity index is 2.33. The molecule has 0 aromatic heterocycles. The van der Waals surface area contributed by atoms with Gasteiger partial charge in [-0.25, -0.2) is 0 Å². The third-order valence-electron chi connectivity index (χ3n) is 4.92. The quantitative estimate of drug-likeness (QED) is 0.310. The van der Waals surface area contributed by atoms with Crippen molar-refractivity contribution < 1.29 is 14.5 Å². The molecule has 1 unspecified atom stereocenters. The zero-order chi connectivity index (χ0) is 23.0. The van der Waals surface area contributed by atoms with Crippen molar-refractivity contribution in [1.82, 2.24) is 10.2 Å². The number of carbonyl (C=O) groups is 2. The number of nitrogens with zero attached hydrogens (tertiary/aromatic N) is 2. The molecule has 0 fully saturated rings. The molecule has 0 heterocycles. The molecule has 0 radical (unpaired) electrons. The number of nitro groups is 1. The maximum absolute atomic E-state index is 13.2. The molecule has 166 valence electrons. The second-order valence-corrected chi connectivity index (χ2v) is 7.92. The summed E-state index contributed by atoms with van der Waals surface area (Å²) in [6.07, 6.45) is 1.51. The van der Waals surface area contributed by atoms with E-state index < -0.39 is 16.9 Å². The van der Waals surface area contributed by atoms with Gasteiger partial charge in [-0.3, -0.25) is 19.7 Å². The molecular formula is C22H25Cl2N3O4. The summed E-state index contributed by atoms with van der Waals surface area (Å²) in [5, 5.41) is 14.9. The van der Waals surface area contributed by atoms with Gasteiger partial charge in [-0.05, 0) is 25.5 Å². The highest BCUT2D eigenvalue weighted by Gasteiger charge is 2.28. The van der Waals surface area contributed by atoms with Crippen molar-refractivity contribution in [2.75, 3.05) is 6.54 Å². The van der Waals surface area contributed by atoms with Gasteiger partial charge in [-0.2, -0.15) is 0 Å². The lowest BCUT2D eigenvalue weighted by atomic mass is 10.1. The largest absolute Gasteiger partial charge is 0.354 e. The number of hydrogen-bond acceptors (Lipinski definition) is 4. The molecule has 0 spiro atoms. The highest BCUT2D eigenvalue weighted by Crippen LogP contribution is 2.27. The second-order valence-electron chi connectivity index (χ2n) is 7.11. The first-order valence-corrected chi connectivity index (χ1v) is 10.7. The van der Waals surface area contributed by atoms with Crippen LogP contribution < -0.4 is 5.32 Å². The van der Waals surface area contributed by atoms with Gasteiger partial charge >= 0.3 is 0 Å². The lowest BCUT2D eigenvalue weighted by Gasteiger charge is -2.29. The number of amides is 2. The molecule has 2 amide bonds. The number of benzene rings is 2. The third kappa shape index (κ3) is 6.67. The summed E-state index contributed by atoms with van der Waals surface area (Å²) in [6.45, 7) is 4.12. The zero-order valence-corrected chi connectivity index (χ0v) is 18.9. The van der Waals surface area contributed by atoms with E-state index in [-0.39, 0.29) is 30.1 Å². The first kappa shape index (κ1) is 24.6. The van der Waals surface area contributed by atoms with Crippen molar-refractivity contribution in [1.29, 1.82) is 0 Å². The fourth-order valence-corrected chi connectivity index (χ4v) is 3.59. The standard InChI is InChI=1S/C22H25Cl2N3O4/c1-3-4-12-25-22(29)15(2)26(14-17-18(23)9-7-10-19(17)24)21(28)13-16-8-5-6-11-20(16)27(30)31/h5-11,15H,3-4,12-14H2,1-2H3,(H,25,29). The number of unbranched alkanes of at least 4 members (excludes halogenated alkanes) is 1. The molecule has 0 saturated carbocycles. The highest BCUT2D eigenvalue weighted by atomic mass is 35.5. The van der Waals surface area contributed by atoms with Crippen LogP contribution in [0.1, 0.15) is 37.8 Å². The van der Waals surface area contributed by atoms with Gasteiger partial charge in [0.2, 0.25) is 11.8 Å². The minimum Gasteiger partial charge on any atom is -0.354 e. The number of rotatable bonds is 10. The monoisotopic (exact) mass is 465 g/mol. The number of nitrogens with one attached hydrogen (secondary N) is 1. The minimum atomic E-state index is -0.820. The van der Waals surface area contributed by atoms with E-state index in [1.165, 1.54) is 23.1 Å². The Morgan fingerprint density at radius 2 is 1.77 bits per heavy atom. The maximum Gasteiger partial charge on any atom is 0.273 e. The van der Waals surface area contributed by atoms with E-state index in [1.807, 2.05) is 6.92 Å². The average molecular weight is 466 g/mol. The lowest BCUT2D eigenvalue weighted by molar-refractivity contribution is -0.385. The molecule has 2 aromatic carbocycles. The molecule has 2 aromatic rings. The van der Waals surface area contributed by atoms with Crippen LogP contribution in [-0.4, -0.2) is 34.2 Å². The van der Waals surface area contributed by atoms with Gasteiger partial charge in [0.1, 0.15) is 6.04 Å². The Hall–Kier alpha value is -2.64. The first-order valence-electron chi connectivity index (χ1n) is 9.98. The number of halogens is 2. The molecule has 2 rings (SSSR count). The number of nitro benzene ring substituents is 1. The van der Waals surface area contributed by atoms with Crippen molar-refractivity contribution in [2.45, 2.75) is 45.7 Å². The lowest BCUT2D eigenvalue weighted by Crippen LogP contribution is -2.48.